The average molecular weight is 1510 g/mol. The molecular formula is C97H91O6S5+5. The molecule has 0 bridgehead atoms. The van der Waals surface area contributed by atoms with Crippen LogP contribution >= 0.6 is 0 Å². The Kier molecular flexibility index (Phi) is 32.7. The van der Waals surface area contributed by atoms with Gasteiger partial charge >= 0.3 is 0 Å². The number of hydrogen-bond donors (Lipinski definition) is 0. The Hall–Kier alpha value is -10.4. The monoisotopic (exact) mass is 1510 g/mol. The van der Waals surface area contributed by atoms with Crippen molar-refractivity contribution in [1.29, 1.82) is 0 Å². The number of fused-ring (bicyclic) bond motifs is 1. The van der Waals surface area contributed by atoms with E-state index in [0.29, 0.717) is 57.3 Å². The Balaban J connectivity index is 0.000000145. The van der Waals surface area contributed by atoms with Crippen molar-refractivity contribution in [3.05, 3.63) is 405 Å². The van der Waals surface area contributed by atoms with E-state index in [1.165, 1.54) is 64.5 Å². The van der Waals surface area contributed by atoms with Gasteiger partial charge in [-0.25, -0.2) is 0 Å². The highest BCUT2D eigenvalue weighted by atomic mass is 32.2. The molecular weight excluding hydrogens is 1420 g/mol. The van der Waals surface area contributed by atoms with Crippen molar-refractivity contribution in [3.8, 4) is 0 Å². The largest absolute Gasteiger partial charge is 0.295 e. The minimum Gasteiger partial charge on any atom is -0.295 e. The standard InChI is InChI=1S/C24H19OS.C22H19O2S.C20H23OS.C16H15OS.C15H15OS/c25-24(21-16-15-19-9-7-8-10-20(19)17-21)18-26(22-11-3-1-4-12-22)23-13-5-2-6-14-23;23-21(18-10-4-1-5-11-18)16-25(20-14-8-3-9-15-20)17-22(24)19-12-6-2-7-13-19;21-20(17-10-4-1-5-11-17)16-22(18-12-6-2-7-13-18)19-14-8-3-9-15-19;1-2-14(17)13-18(15-9-5-3-6-10-15)16-11-7-4-8-12-16;1-13(16)12-17(14-8-4-2-5-9-14)15-10-6-3-7-11-15/h1-17H,18H2;1-15H,16-17H2;2-3,6-9,12-15,17H,1,4-5,10-11,16H2;2-12H,1,13H2;2-11H,12H2,1H3/q5*+1. The second-order valence-corrected chi connectivity index (χ2v) is 35.6. The summed E-state index contributed by atoms with van der Waals surface area (Å²) in [6.45, 7) is 5.21. The molecule has 1 aliphatic carbocycles. The number of carbonyl (C=O) groups excluding carboxylic acids is 6. The number of allylic oxidation sites excluding steroid dienone is 1. The molecule has 0 spiro atoms. The number of benzene rings is 13. The normalized spacial score (nSPS) is 11.7. The van der Waals surface area contributed by atoms with Crippen LogP contribution in [0.25, 0.3) is 10.8 Å². The lowest BCUT2D eigenvalue weighted by molar-refractivity contribution is -0.121. The van der Waals surface area contributed by atoms with Crippen molar-refractivity contribution >= 4 is 99.9 Å². The fraction of sp³-hybridized carbons (Fsp3) is 0.134. The van der Waals surface area contributed by atoms with Crippen LogP contribution in [-0.2, 0) is 68.9 Å². The summed E-state index contributed by atoms with van der Waals surface area (Å²) in [6.07, 6.45) is 7.35. The molecule has 0 atom stereocenters. The predicted molar refractivity (Wildman–Crippen MR) is 456 cm³/mol. The SMILES string of the molecule is C=CC(=O)C[S+](c1ccccc1)c1ccccc1.CC(=O)C[S+](c1ccccc1)c1ccccc1.O=C(C[S+](CC(=O)c1ccccc1)c1ccccc1)c1ccccc1.O=C(C[S+](c1ccccc1)c1ccccc1)C1CCCCC1.O=C(C[S+](c1ccccc1)c1ccccc1)c1ccc2ccccc2c1. The Morgan fingerprint density at radius 1 is 0.287 bits per heavy atom. The summed E-state index contributed by atoms with van der Waals surface area (Å²) in [4.78, 5) is 85.0. The van der Waals surface area contributed by atoms with Crippen molar-refractivity contribution in [3.63, 3.8) is 0 Å². The van der Waals surface area contributed by atoms with Crippen molar-refractivity contribution in [2.75, 3.05) is 34.5 Å². The van der Waals surface area contributed by atoms with Gasteiger partial charge in [0.05, 0.1) is 43.6 Å². The Morgan fingerprint density at radius 2 is 0.565 bits per heavy atom. The molecule has 0 aromatic heterocycles. The van der Waals surface area contributed by atoms with E-state index in [-0.39, 0.29) is 72.5 Å². The topological polar surface area (TPSA) is 102 Å². The van der Waals surface area contributed by atoms with Gasteiger partial charge in [0, 0.05) is 33.5 Å². The summed E-state index contributed by atoms with van der Waals surface area (Å²) in [5.74, 6) is 4.39. The van der Waals surface area contributed by atoms with E-state index in [1.54, 1.807) is 6.92 Å². The lowest BCUT2D eigenvalue weighted by Gasteiger charge is -2.20. The fourth-order valence-electron chi connectivity index (χ4n) is 12.1. The maximum atomic E-state index is 13.1. The molecule has 1 saturated carbocycles. The third-order valence-corrected chi connectivity index (χ3v) is 28.9. The van der Waals surface area contributed by atoms with Crippen LogP contribution in [-0.4, -0.2) is 69.2 Å². The van der Waals surface area contributed by atoms with Gasteiger partial charge in [0.25, 0.3) is 0 Å². The van der Waals surface area contributed by atoms with Crippen LogP contribution in [0.3, 0.4) is 0 Å². The number of rotatable bonds is 26. The van der Waals surface area contributed by atoms with E-state index in [1.807, 2.05) is 243 Å². The molecule has 0 aliphatic heterocycles. The zero-order valence-electron chi connectivity index (χ0n) is 60.9. The first-order chi connectivity index (χ1) is 53.0. The Bertz CT molecular complexity index is 4660. The minimum atomic E-state index is -0.448. The highest BCUT2D eigenvalue weighted by molar-refractivity contribution is 7.99. The molecule has 6 nitrogen and oxygen atoms in total. The third kappa shape index (κ3) is 25.4. The van der Waals surface area contributed by atoms with Gasteiger partial charge in [0.15, 0.2) is 90.1 Å². The molecule has 13 aromatic rings. The fourth-order valence-corrected chi connectivity index (χ4v) is 22.1. The zero-order chi connectivity index (χ0) is 75.3. The van der Waals surface area contributed by atoms with Gasteiger partial charge in [0.2, 0.25) is 23.1 Å². The Morgan fingerprint density at radius 3 is 0.898 bits per heavy atom. The molecule has 11 heteroatoms. The minimum absolute atomic E-state index is 0.0775. The van der Waals surface area contributed by atoms with Crippen molar-refractivity contribution in [2.45, 2.75) is 83.1 Å². The van der Waals surface area contributed by atoms with Crippen LogP contribution in [0, 0.1) is 5.92 Å². The van der Waals surface area contributed by atoms with Gasteiger partial charge < -0.3 is 0 Å². The van der Waals surface area contributed by atoms with Gasteiger partial charge in [-0.1, -0.05) is 287 Å². The summed E-state index contributed by atoms with van der Waals surface area (Å²) < 4.78 is 0. The van der Waals surface area contributed by atoms with Gasteiger partial charge in [-0.15, -0.1) is 0 Å². The molecule has 14 rings (SSSR count). The number of hydrogen-bond acceptors (Lipinski definition) is 6. The van der Waals surface area contributed by atoms with E-state index >= 15 is 0 Å². The molecule has 0 N–H and O–H groups in total. The third-order valence-electron chi connectivity index (χ3n) is 17.7. The molecule has 1 fully saturated rings. The molecule has 0 amide bonds. The average Bonchev–Trinajstić information content (AvgIpc) is 0.832. The summed E-state index contributed by atoms with van der Waals surface area (Å²) in [5.41, 5.74) is 2.18. The molecule has 0 heterocycles. The molecule has 540 valence electrons. The van der Waals surface area contributed by atoms with Gasteiger partial charge in [0.1, 0.15) is 0 Å². The van der Waals surface area contributed by atoms with Crippen molar-refractivity contribution in [2.24, 2.45) is 5.92 Å². The van der Waals surface area contributed by atoms with Gasteiger partial charge in [-0.3, -0.25) is 28.8 Å². The van der Waals surface area contributed by atoms with Gasteiger partial charge in [-0.2, -0.15) is 0 Å². The maximum absolute atomic E-state index is 13.1. The van der Waals surface area contributed by atoms with E-state index in [0.717, 1.165) is 34.1 Å². The van der Waals surface area contributed by atoms with Gasteiger partial charge in [-0.05, 0) is 152 Å². The quantitative estimate of drug-likeness (QED) is 0.0304. The number of Topliss-reactive ketones (excluding diaryl/α,β-unsaturated/α-hetero) is 5. The summed E-state index contributed by atoms with van der Waals surface area (Å²) in [5, 5.41) is 2.27. The van der Waals surface area contributed by atoms with Crippen LogP contribution in [0.2, 0.25) is 0 Å². The summed E-state index contributed by atoms with van der Waals surface area (Å²) in [6, 6.07) is 125. The zero-order valence-corrected chi connectivity index (χ0v) is 65.0. The Labute approximate surface area is 652 Å². The number of carbonyl (C=O) groups is 6. The first-order valence-corrected chi connectivity index (χ1v) is 43.4. The predicted octanol–water partition coefficient (Wildman–Crippen LogP) is 21.9. The molecule has 0 unspecified atom stereocenters. The molecule has 108 heavy (non-hydrogen) atoms. The first-order valence-electron chi connectivity index (χ1n) is 36.3. The lowest BCUT2D eigenvalue weighted by Crippen LogP contribution is -2.26. The second kappa shape index (κ2) is 44.1. The van der Waals surface area contributed by atoms with Crippen LogP contribution in [0.4, 0.5) is 0 Å². The van der Waals surface area contributed by atoms with E-state index in [2.05, 4.69) is 140 Å². The van der Waals surface area contributed by atoms with E-state index in [9.17, 15) is 28.8 Å². The van der Waals surface area contributed by atoms with Crippen LogP contribution in [0.15, 0.2) is 433 Å². The number of ketones is 6. The van der Waals surface area contributed by atoms with E-state index in [4.69, 9.17) is 0 Å². The van der Waals surface area contributed by atoms with Crippen LogP contribution < -0.4 is 0 Å². The lowest BCUT2D eigenvalue weighted by atomic mass is 9.87. The molecule has 0 saturated heterocycles. The molecule has 1 aliphatic rings. The maximum Gasteiger partial charge on any atom is 0.212 e. The highest BCUT2D eigenvalue weighted by Crippen LogP contribution is 2.31. The second-order valence-electron chi connectivity index (χ2n) is 25.5. The highest BCUT2D eigenvalue weighted by Gasteiger charge is 2.35. The summed E-state index contributed by atoms with van der Waals surface area (Å²) >= 11 is 0. The van der Waals surface area contributed by atoms with Crippen LogP contribution in [0.1, 0.15) is 70.1 Å². The van der Waals surface area contributed by atoms with Crippen molar-refractivity contribution < 1.29 is 28.8 Å². The first kappa shape index (κ1) is 80.2. The van der Waals surface area contributed by atoms with E-state index < -0.39 is 10.9 Å². The smallest absolute Gasteiger partial charge is 0.212 e. The molecule has 13 aromatic carbocycles. The summed E-state index contributed by atoms with van der Waals surface area (Å²) in [7, 11) is -1.18. The van der Waals surface area contributed by atoms with Crippen LogP contribution in [0.5, 0.6) is 0 Å². The molecule has 0 radical (unpaired) electrons. The van der Waals surface area contributed by atoms with Crippen molar-refractivity contribution in [1.82, 2.24) is 0 Å².